The molecular formula is C25H36O16. The highest BCUT2D eigenvalue weighted by molar-refractivity contribution is 5.69. The third-order valence-corrected chi connectivity index (χ3v) is 5.96. The molecule has 41 heavy (non-hydrogen) atoms. The number of hydrogen-bond acceptors (Lipinski definition) is 16. The Bertz CT molecular complexity index is 984. The average Bonchev–Trinajstić information content (AvgIpc) is 2.81. The minimum Gasteiger partial charge on any atom is -0.463 e. The lowest BCUT2D eigenvalue weighted by atomic mass is 9.91. The van der Waals surface area contributed by atoms with Crippen molar-refractivity contribution in [3.05, 3.63) is 0 Å². The first kappa shape index (κ1) is 33.9. The van der Waals surface area contributed by atoms with Crippen LogP contribution in [0.3, 0.4) is 0 Å². The molecule has 16 heteroatoms. The topological polar surface area (TPSA) is 206 Å². The lowest BCUT2D eigenvalue weighted by Gasteiger charge is -2.52. The van der Waals surface area contributed by atoms with E-state index in [0.29, 0.717) is 0 Å². The zero-order valence-electron chi connectivity index (χ0n) is 24.0. The average molecular weight is 593 g/mol. The number of rotatable bonds is 9. The number of esters is 6. The fourth-order valence-electron chi connectivity index (χ4n) is 4.61. The zero-order chi connectivity index (χ0) is 31.2. The van der Waals surface area contributed by atoms with E-state index >= 15 is 0 Å². The Balaban J connectivity index is 2.70. The van der Waals surface area contributed by atoms with E-state index in [2.05, 4.69) is 0 Å². The maximum atomic E-state index is 12.2. The van der Waals surface area contributed by atoms with E-state index in [1.165, 1.54) is 13.8 Å². The number of carbonyl (C=O) groups is 6. The molecule has 0 aromatic heterocycles. The molecule has 2 aliphatic rings. The maximum absolute atomic E-state index is 12.2. The largest absolute Gasteiger partial charge is 0.463 e. The standard InChI is InChI=1S/C25H36O16/c1-10-18(35-12(3)27)20(22(24(32)34-10)38-15(6)30)41-25(8)23(39-16(7)31)21(37-14(5)29)19(36-13(4)28)17(40-25)9-33-11(2)26/h10,17-24,32H,9H2,1-8H3/t10-,17+,18-,19+,20+,21-,22+,23+,24+,25+/m0/s1. The second-order valence-electron chi connectivity index (χ2n) is 9.62. The molecule has 2 aliphatic heterocycles. The quantitative estimate of drug-likeness (QED) is 0.263. The van der Waals surface area contributed by atoms with Crippen LogP contribution in [0.25, 0.3) is 0 Å². The van der Waals surface area contributed by atoms with E-state index in [0.717, 1.165) is 41.5 Å². The van der Waals surface area contributed by atoms with Gasteiger partial charge in [-0.2, -0.15) is 0 Å². The van der Waals surface area contributed by atoms with Crippen LogP contribution in [0.4, 0.5) is 0 Å². The fraction of sp³-hybridized carbons (Fsp3) is 0.760. The molecule has 2 rings (SSSR count). The summed E-state index contributed by atoms with van der Waals surface area (Å²) in [6.07, 6.45) is -13.3. The van der Waals surface area contributed by atoms with E-state index < -0.39 is 103 Å². The Morgan fingerprint density at radius 1 is 0.659 bits per heavy atom. The molecule has 2 fully saturated rings. The second kappa shape index (κ2) is 14.0. The predicted molar refractivity (Wildman–Crippen MR) is 129 cm³/mol. The summed E-state index contributed by atoms with van der Waals surface area (Å²) in [6.45, 7) is 8.60. The van der Waals surface area contributed by atoms with Gasteiger partial charge in [-0.05, 0) is 13.8 Å². The summed E-state index contributed by atoms with van der Waals surface area (Å²) in [6, 6.07) is 0. The smallest absolute Gasteiger partial charge is 0.303 e. The lowest BCUT2D eigenvalue weighted by Crippen LogP contribution is -2.71. The molecular weight excluding hydrogens is 556 g/mol. The lowest BCUT2D eigenvalue weighted by molar-refractivity contribution is -0.395. The van der Waals surface area contributed by atoms with Crippen LogP contribution in [0, 0.1) is 0 Å². The third kappa shape index (κ3) is 9.08. The Labute approximate surface area is 235 Å². The highest BCUT2D eigenvalue weighted by Gasteiger charge is 2.62. The summed E-state index contributed by atoms with van der Waals surface area (Å²) in [4.78, 5) is 71.8. The van der Waals surface area contributed by atoms with Crippen molar-refractivity contribution in [2.24, 2.45) is 0 Å². The molecule has 0 radical (unpaired) electrons. The molecule has 1 N–H and O–H groups in total. The molecule has 232 valence electrons. The van der Waals surface area contributed by atoms with Crippen LogP contribution in [-0.2, 0) is 71.4 Å². The summed E-state index contributed by atoms with van der Waals surface area (Å²) < 4.78 is 49.6. The molecule has 10 atom stereocenters. The molecule has 0 aromatic carbocycles. The monoisotopic (exact) mass is 592 g/mol. The number of aliphatic hydroxyl groups is 1. The third-order valence-electron chi connectivity index (χ3n) is 5.96. The van der Waals surface area contributed by atoms with E-state index in [9.17, 15) is 33.9 Å². The molecule has 0 aromatic rings. The van der Waals surface area contributed by atoms with Crippen molar-refractivity contribution in [3.8, 4) is 0 Å². The van der Waals surface area contributed by atoms with Gasteiger partial charge < -0.3 is 47.7 Å². The highest BCUT2D eigenvalue weighted by atomic mass is 16.8. The maximum Gasteiger partial charge on any atom is 0.303 e. The van der Waals surface area contributed by atoms with Crippen LogP contribution in [0.1, 0.15) is 55.4 Å². The summed E-state index contributed by atoms with van der Waals surface area (Å²) in [5.74, 6) is -7.12. The van der Waals surface area contributed by atoms with Crippen LogP contribution in [0.2, 0.25) is 0 Å². The van der Waals surface area contributed by atoms with Crippen LogP contribution in [0.5, 0.6) is 0 Å². The molecule has 0 bridgehead atoms. The molecule has 0 aliphatic carbocycles. The van der Waals surface area contributed by atoms with Gasteiger partial charge >= 0.3 is 35.8 Å². The van der Waals surface area contributed by atoms with Gasteiger partial charge in [0.1, 0.15) is 18.8 Å². The minimum absolute atomic E-state index is 0.537. The van der Waals surface area contributed by atoms with E-state index in [1.807, 2.05) is 0 Å². The predicted octanol–water partition coefficient (Wildman–Crippen LogP) is -0.555. The van der Waals surface area contributed by atoms with E-state index in [-0.39, 0.29) is 0 Å². The first-order chi connectivity index (χ1) is 18.9. The summed E-state index contributed by atoms with van der Waals surface area (Å²) >= 11 is 0. The van der Waals surface area contributed by atoms with Gasteiger partial charge in [0.2, 0.25) is 5.79 Å². The van der Waals surface area contributed by atoms with Crippen LogP contribution in [-0.4, -0.2) is 108 Å². The second-order valence-corrected chi connectivity index (χ2v) is 9.62. The van der Waals surface area contributed by atoms with Crippen LogP contribution < -0.4 is 0 Å². The molecule has 0 spiro atoms. The number of hydrogen-bond donors (Lipinski definition) is 1. The molecule has 0 saturated carbocycles. The van der Waals surface area contributed by atoms with Gasteiger partial charge in [-0.25, -0.2) is 0 Å². The van der Waals surface area contributed by atoms with Crippen LogP contribution >= 0.6 is 0 Å². The molecule has 2 heterocycles. The van der Waals surface area contributed by atoms with Gasteiger partial charge in [0.05, 0.1) is 6.10 Å². The van der Waals surface area contributed by atoms with Gasteiger partial charge in [0, 0.05) is 41.5 Å². The Kier molecular flexibility index (Phi) is 11.6. The van der Waals surface area contributed by atoms with Gasteiger partial charge in [0.25, 0.3) is 0 Å². The Hall–Kier alpha value is -3.34. The highest BCUT2D eigenvalue weighted by Crippen LogP contribution is 2.40. The van der Waals surface area contributed by atoms with Crippen molar-refractivity contribution >= 4 is 35.8 Å². The molecule has 0 amide bonds. The van der Waals surface area contributed by atoms with Gasteiger partial charge in [-0.15, -0.1) is 0 Å². The normalized spacial score (nSPS) is 34.9. The SMILES string of the molecule is CC(=O)OC[C@H]1O[C@](C)(O[C@@H]2[C@@H](OC(C)=O)[C@H](C)O[C@@H](O)[C@@H]2OC(C)=O)[C@H](OC(C)=O)[C@@H](OC(C)=O)[C@@H]1OC(C)=O. The van der Waals surface area contributed by atoms with Crippen molar-refractivity contribution in [3.63, 3.8) is 0 Å². The Morgan fingerprint density at radius 3 is 1.61 bits per heavy atom. The van der Waals surface area contributed by atoms with Crippen molar-refractivity contribution in [2.45, 2.75) is 116 Å². The summed E-state index contributed by atoms with van der Waals surface area (Å²) in [5.41, 5.74) is 0. The first-order valence-electron chi connectivity index (χ1n) is 12.6. The van der Waals surface area contributed by atoms with Crippen molar-refractivity contribution in [1.82, 2.24) is 0 Å². The van der Waals surface area contributed by atoms with Gasteiger partial charge in [0.15, 0.2) is 36.8 Å². The number of ether oxygens (including phenoxy) is 9. The van der Waals surface area contributed by atoms with Gasteiger partial charge in [-0.3, -0.25) is 28.8 Å². The zero-order valence-corrected chi connectivity index (χ0v) is 24.0. The van der Waals surface area contributed by atoms with Crippen molar-refractivity contribution < 1.29 is 76.5 Å². The minimum atomic E-state index is -2.18. The number of aliphatic hydroxyl groups excluding tert-OH is 1. The number of carbonyl (C=O) groups excluding carboxylic acids is 6. The summed E-state index contributed by atoms with van der Waals surface area (Å²) in [5, 5.41) is 10.6. The van der Waals surface area contributed by atoms with Gasteiger partial charge in [-0.1, -0.05) is 0 Å². The molecule has 16 nitrogen and oxygen atoms in total. The van der Waals surface area contributed by atoms with Crippen molar-refractivity contribution in [1.29, 1.82) is 0 Å². The first-order valence-corrected chi connectivity index (χ1v) is 12.6. The van der Waals surface area contributed by atoms with E-state index in [4.69, 9.17) is 42.6 Å². The van der Waals surface area contributed by atoms with E-state index in [1.54, 1.807) is 0 Å². The molecule has 0 unspecified atom stereocenters. The Morgan fingerprint density at radius 2 is 1.12 bits per heavy atom. The fourth-order valence-corrected chi connectivity index (χ4v) is 4.61. The van der Waals surface area contributed by atoms with Crippen LogP contribution in [0.15, 0.2) is 0 Å². The molecule has 2 saturated heterocycles. The van der Waals surface area contributed by atoms with Crippen molar-refractivity contribution in [2.75, 3.05) is 6.61 Å². The summed E-state index contributed by atoms with van der Waals surface area (Å²) in [7, 11) is 0.